The molecule has 134 valence electrons. The minimum atomic E-state index is -0.538. The Morgan fingerprint density at radius 1 is 1.12 bits per heavy atom. The first kappa shape index (κ1) is 17.7. The van der Waals surface area contributed by atoms with Gasteiger partial charge in [-0.25, -0.2) is 14.2 Å². The lowest BCUT2D eigenvalue weighted by atomic mass is 10.1. The van der Waals surface area contributed by atoms with E-state index in [9.17, 15) is 9.18 Å². The monoisotopic (exact) mass is 355 g/mol. The highest BCUT2D eigenvalue weighted by Crippen LogP contribution is 2.31. The molecule has 0 saturated carbocycles. The van der Waals surface area contributed by atoms with Crippen LogP contribution in [0.4, 0.5) is 4.39 Å². The van der Waals surface area contributed by atoms with E-state index in [1.54, 1.807) is 38.5 Å². The highest BCUT2D eigenvalue weighted by Gasteiger charge is 2.23. The fourth-order valence-electron chi connectivity index (χ4n) is 2.64. The highest BCUT2D eigenvalue weighted by atomic mass is 19.1. The largest absolute Gasteiger partial charge is 0.496 e. The first-order chi connectivity index (χ1) is 12.5. The number of rotatable bonds is 5. The molecule has 1 heterocycles. The fraction of sp³-hybridized carbons (Fsp3) is 0.200. The second kappa shape index (κ2) is 7.39. The average molecular weight is 355 g/mol. The summed E-state index contributed by atoms with van der Waals surface area (Å²) < 4.78 is 28.9. The van der Waals surface area contributed by atoms with Gasteiger partial charge in [0.1, 0.15) is 17.3 Å². The smallest absolute Gasteiger partial charge is 0.363 e. The van der Waals surface area contributed by atoms with Gasteiger partial charge in [-0.1, -0.05) is 12.1 Å². The first-order valence-corrected chi connectivity index (χ1v) is 7.98. The molecule has 5 nitrogen and oxygen atoms in total. The summed E-state index contributed by atoms with van der Waals surface area (Å²) >= 11 is 0. The molecule has 1 aliphatic heterocycles. The molecule has 2 aromatic rings. The Hall–Kier alpha value is -3.15. The number of benzene rings is 2. The molecule has 2 aromatic carbocycles. The Morgan fingerprint density at radius 3 is 2.46 bits per heavy atom. The average Bonchev–Trinajstić information content (AvgIpc) is 2.97. The molecule has 0 N–H and O–H groups in total. The Kier molecular flexibility index (Phi) is 5.02. The van der Waals surface area contributed by atoms with Crippen LogP contribution in [0.2, 0.25) is 0 Å². The lowest BCUT2D eigenvalue weighted by molar-refractivity contribution is -0.130. The number of cyclic esters (lactones) is 1. The molecular weight excluding hydrogens is 337 g/mol. The van der Waals surface area contributed by atoms with Gasteiger partial charge in [-0.3, -0.25) is 0 Å². The van der Waals surface area contributed by atoms with Crippen molar-refractivity contribution in [2.75, 3.05) is 14.2 Å². The number of halogens is 1. The van der Waals surface area contributed by atoms with Crippen LogP contribution in [0.25, 0.3) is 6.08 Å². The summed E-state index contributed by atoms with van der Waals surface area (Å²) in [7, 11) is 3.13. The summed E-state index contributed by atoms with van der Waals surface area (Å²) in [4.78, 5) is 16.4. The molecule has 3 rings (SSSR count). The lowest BCUT2D eigenvalue weighted by Gasteiger charge is -2.10. The van der Waals surface area contributed by atoms with E-state index in [0.29, 0.717) is 23.5 Å². The van der Waals surface area contributed by atoms with Crippen molar-refractivity contribution in [1.29, 1.82) is 0 Å². The van der Waals surface area contributed by atoms with Crippen LogP contribution in [-0.2, 0) is 16.0 Å². The van der Waals surface area contributed by atoms with Gasteiger partial charge in [-0.05, 0) is 48.4 Å². The van der Waals surface area contributed by atoms with Crippen LogP contribution in [0.1, 0.15) is 16.7 Å². The minimum absolute atomic E-state index is 0.173. The zero-order chi connectivity index (χ0) is 18.7. The molecule has 0 saturated heterocycles. The van der Waals surface area contributed by atoms with Gasteiger partial charge in [0.05, 0.1) is 14.2 Å². The number of aryl methyl sites for hydroxylation is 1. The Bertz CT molecular complexity index is 901. The normalized spacial score (nSPS) is 15.0. The maximum Gasteiger partial charge on any atom is 0.363 e. The predicted molar refractivity (Wildman–Crippen MR) is 95.9 cm³/mol. The van der Waals surface area contributed by atoms with Gasteiger partial charge < -0.3 is 14.2 Å². The van der Waals surface area contributed by atoms with Crippen molar-refractivity contribution in [3.8, 4) is 11.5 Å². The van der Waals surface area contributed by atoms with Crippen LogP contribution >= 0.6 is 0 Å². The predicted octanol–water partition coefficient (Wildman–Crippen LogP) is 3.69. The van der Waals surface area contributed by atoms with Crippen molar-refractivity contribution in [2.24, 2.45) is 4.99 Å². The zero-order valence-corrected chi connectivity index (χ0v) is 14.7. The minimum Gasteiger partial charge on any atom is -0.496 e. The van der Waals surface area contributed by atoms with Crippen molar-refractivity contribution in [3.05, 3.63) is 64.6 Å². The number of aliphatic imine (C=N–C) groups is 1. The summed E-state index contributed by atoms with van der Waals surface area (Å²) in [6.07, 6.45) is 1.90. The Morgan fingerprint density at radius 2 is 1.81 bits per heavy atom. The summed E-state index contributed by atoms with van der Waals surface area (Å²) in [6.45, 7) is 1.90. The van der Waals surface area contributed by atoms with Gasteiger partial charge in [0.2, 0.25) is 5.90 Å². The molecule has 0 fully saturated rings. The van der Waals surface area contributed by atoms with Crippen LogP contribution < -0.4 is 9.47 Å². The summed E-state index contributed by atoms with van der Waals surface area (Å²) in [5.74, 6) is 0.694. The van der Waals surface area contributed by atoms with E-state index >= 15 is 0 Å². The molecule has 1 aliphatic rings. The molecule has 0 amide bonds. The number of ether oxygens (including phenoxy) is 3. The van der Waals surface area contributed by atoms with E-state index in [2.05, 4.69) is 4.99 Å². The van der Waals surface area contributed by atoms with E-state index < -0.39 is 5.97 Å². The summed E-state index contributed by atoms with van der Waals surface area (Å²) in [5, 5.41) is 0. The van der Waals surface area contributed by atoms with E-state index in [4.69, 9.17) is 14.2 Å². The second-order valence-electron chi connectivity index (χ2n) is 5.79. The van der Waals surface area contributed by atoms with Gasteiger partial charge in [0, 0.05) is 12.0 Å². The van der Waals surface area contributed by atoms with E-state index in [1.807, 2.05) is 13.0 Å². The molecule has 0 atom stereocenters. The lowest BCUT2D eigenvalue weighted by Crippen LogP contribution is -2.06. The second-order valence-corrected chi connectivity index (χ2v) is 5.79. The third kappa shape index (κ3) is 3.74. The van der Waals surface area contributed by atoms with E-state index in [1.165, 1.54) is 12.1 Å². The molecule has 0 bridgehead atoms. The van der Waals surface area contributed by atoms with Crippen molar-refractivity contribution in [2.45, 2.75) is 13.3 Å². The van der Waals surface area contributed by atoms with Gasteiger partial charge >= 0.3 is 5.97 Å². The molecule has 0 aromatic heterocycles. The third-order valence-electron chi connectivity index (χ3n) is 3.97. The summed E-state index contributed by atoms with van der Waals surface area (Å²) in [6, 6.07) is 9.57. The summed E-state index contributed by atoms with van der Waals surface area (Å²) in [5.41, 5.74) is 2.55. The standard InChI is InChI=1S/C20H18FNO4/c1-12-8-18(25-3)14(11-17(12)24-2)10-16-20(23)26-19(22-16)9-13-4-6-15(21)7-5-13/h4-8,10-11H,9H2,1-3H3/b16-10+. The van der Waals surface area contributed by atoms with Crippen LogP contribution in [0, 0.1) is 12.7 Å². The number of esters is 1. The number of methoxy groups -OCH3 is 2. The van der Waals surface area contributed by atoms with Crippen molar-refractivity contribution < 1.29 is 23.4 Å². The SMILES string of the molecule is COc1cc(/C=C2/N=C(Cc3ccc(F)cc3)OC2=O)c(OC)cc1C. The van der Waals surface area contributed by atoms with Crippen LogP contribution in [-0.4, -0.2) is 26.1 Å². The number of carbonyl (C=O) groups is 1. The number of nitrogens with zero attached hydrogens (tertiary/aromatic N) is 1. The van der Waals surface area contributed by atoms with Crippen molar-refractivity contribution in [3.63, 3.8) is 0 Å². The molecule has 0 radical (unpaired) electrons. The fourth-order valence-corrected chi connectivity index (χ4v) is 2.64. The van der Waals surface area contributed by atoms with E-state index in [-0.39, 0.29) is 17.4 Å². The first-order valence-electron chi connectivity index (χ1n) is 7.98. The third-order valence-corrected chi connectivity index (χ3v) is 3.97. The van der Waals surface area contributed by atoms with Crippen LogP contribution in [0.5, 0.6) is 11.5 Å². The van der Waals surface area contributed by atoms with Gasteiger partial charge in [-0.2, -0.15) is 0 Å². The van der Waals surface area contributed by atoms with Crippen molar-refractivity contribution >= 4 is 17.9 Å². The highest BCUT2D eigenvalue weighted by molar-refractivity contribution is 6.07. The van der Waals surface area contributed by atoms with Crippen molar-refractivity contribution in [1.82, 2.24) is 0 Å². The van der Waals surface area contributed by atoms with Gasteiger partial charge in [0.15, 0.2) is 5.70 Å². The molecule has 0 aliphatic carbocycles. The Labute approximate surface area is 150 Å². The van der Waals surface area contributed by atoms with Crippen LogP contribution in [0.15, 0.2) is 47.1 Å². The number of hydrogen-bond donors (Lipinski definition) is 0. The molecule has 0 spiro atoms. The van der Waals surface area contributed by atoms with Crippen LogP contribution in [0.3, 0.4) is 0 Å². The van der Waals surface area contributed by atoms with E-state index in [0.717, 1.165) is 11.1 Å². The maximum absolute atomic E-state index is 13.0. The topological polar surface area (TPSA) is 57.1 Å². The quantitative estimate of drug-likeness (QED) is 0.606. The zero-order valence-electron chi connectivity index (χ0n) is 14.7. The molecule has 6 heteroatoms. The molecular formula is C20H18FNO4. The molecule has 26 heavy (non-hydrogen) atoms. The Balaban J connectivity index is 1.89. The number of hydrogen-bond acceptors (Lipinski definition) is 5. The van der Waals surface area contributed by atoms with Gasteiger partial charge in [0.25, 0.3) is 0 Å². The van der Waals surface area contributed by atoms with Gasteiger partial charge in [-0.15, -0.1) is 0 Å². The number of carbonyl (C=O) groups excluding carboxylic acids is 1. The molecule has 0 unspecified atom stereocenters. The maximum atomic E-state index is 13.0.